The normalized spacial score (nSPS) is 10.6. The number of carboxylic acids is 1. The van der Waals surface area contributed by atoms with Crippen LogP contribution in [0.4, 0.5) is 15.1 Å². The number of rotatable bonds is 7. The summed E-state index contributed by atoms with van der Waals surface area (Å²) in [6.45, 7) is 0.183. The Labute approximate surface area is 170 Å². The van der Waals surface area contributed by atoms with Crippen LogP contribution >= 0.6 is 11.3 Å². The summed E-state index contributed by atoms with van der Waals surface area (Å²) < 4.78 is 13.9. The fourth-order valence-electron chi connectivity index (χ4n) is 2.80. The van der Waals surface area contributed by atoms with Gasteiger partial charge in [0.15, 0.2) is 5.69 Å². The lowest BCUT2D eigenvalue weighted by Crippen LogP contribution is -2.16. The molecule has 0 radical (unpaired) electrons. The maximum absolute atomic E-state index is 13.9. The van der Waals surface area contributed by atoms with Crippen molar-refractivity contribution in [1.82, 2.24) is 4.98 Å². The van der Waals surface area contributed by atoms with E-state index < -0.39 is 17.7 Å². The summed E-state index contributed by atoms with van der Waals surface area (Å²) in [5.41, 5.74) is 7.76. The number of nitrogens with one attached hydrogen (secondary N) is 2. The van der Waals surface area contributed by atoms with Gasteiger partial charge in [-0.25, -0.2) is 9.37 Å². The van der Waals surface area contributed by atoms with Crippen LogP contribution in [0, 0.1) is 5.82 Å². The van der Waals surface area contributed by atoms with Crippen LogP contribution in [0.2, 0.25) is 0 Å². The Balaban J connectivity index is 1.93. The number of anilines is 2. The topological polar surface area (TPSA) is 117 Å². The predicted octanol–water partition coefficient (Wildman–Crippen LogP) is 3.33. The van der Waals surface area contributed by atoms with Crippen molar-refractivity contribution < 1.29 is 19.1 Å². The zero-order valence-corrected chi connectivity index (χ0v) is 16.3. The van der Waals surface area contributed by atoms with Crippen molar-refractivity contribution in [1.29, 1.82) is 0 Å². The smallest absolute Gasteiger partial charge is 0.307 e. The Bertz CT molecular complexity index is 1070. The van der Waals surface area contributed by atoms with Crippen molar-refractivity contribution in [2.45, 2.75) is 13.0 Å². The monoisotopic (exact) mass is 414 g/mol. The van der Waals surface area contributed by atoms with E-state index in [-0.39, 0.29) is 18.7 Å². The van der Waals surface area contributed by atoms with Crippen LogP contribution in [0.5, 0.6) is 0 Å². The molecule has 7 nitrogen and oxygen atoms in total. The van der Waals surface area contributed by atoms with Crippen molar-refractivity contribution in [3.8, 4) is 10.6 Å². The zero-order chi connectivity index (χ0) is 21.0. The van der Waals surface area contributed by atoms with E-state index in [0.717, 1.165) is 0 Å². The maximum Gasteiger partial charge on any atom is 0.307 e. The van der Waals surface area contributed by atoms with Crippen molar-refractivity contribution in [2.24, 2.45) is 5.73 Å². The molecule has 0 aliphatic rings. The van der Waals surface area contributed by atoms with Gasteiger partial charge in [0, 0.05) is 24.8 Å². The number of hydrogen-bond acceptors (Lipinski definition) is 6. The third-order valence-corrected chi connectivity index (χ3v) is 5.24. The van der Waals surface area contributed by atoms with Gasteiger partial charge in [-0.1, -0.05) is 29.5 Å². The largest absolute Gasteiger partial charge is 0.481 e. The highest BCUT2D eigenvalue weighted by molar-refractivity contribution is 7.19. The number of nitrogens with zero attached hydrogens (tertiary/aromatic N) is 1. The summed E-state index contributed by atoms with van der Waals surface area (Å²) in [6, 6.07) is 11.1. The zero-order valence-electron chi connectivity index (χ0n) is 15.5. The molecule has 9 heteroatoms. The van der Waals surface area contributed by atoms with E-state index in [2.05, 4.69) is 15.6 Å². The molecule has 150 valence electrons. The molecule has 0 fully saturated rings. The van der Waals surface area contributed by atoms with Crippen LogP contribution in [0.15, 0.2) is 42.5 Å². The van der Waals surface area contributed by atoms with Gasteiger partial charge in [0.05, 0.1) is 6.42 Å². The number of amides is 1. The number of hydrogen-bond donors (Lipinski definition) is 4. The quantitative estimate of drug-likeness (QED) is 0.471. The second-order valence-electron chi connectivity index (χ2n) is 6.18. The van der Waals surface area contributed by atoms with E-state index >= 15 is 0 Å². The summed E-state index contributed by atoms with van der Waals surface area (Å²) in [5, 5.41) is 15.7. The molecule has 1 aromatic heterocycles. The minimum atomic E-state index is -1.000. The fraction of sp³-hybridized carbons (Fsp3) is 0.150. The van der Waals surface area contributed by atoms with Gasteiger partial charge in [0.25, 0.3) is 5.91 Å². The van der Waals surface area contributed by atoms with E-state index in [4.69, 9.17) is 10.8 Å². The Morgan fingerprint density at radius 2 is 2.00 bits per heavy atom. The van der Waals surface area contributed by atoms with Crippen LogP contribution in [-0.4, -0.2) is 29.0 Å². The first-order valence-corrected chi connectivity index (χ1v) is 9.52. The molecule has 0 saturated heterocycles. The highest BCUT2D eigenvalue weighted by Crippen LogP contribution is 2.33. The number of benzene rings is 2. The van der Waals surface area contributed by atoms with Gasteiger partial charge in [0.2, 0.25) is 0 Å². The van der Waals surface area contributed by atoms with Crippen LogP contribution in [0.1, 0.15) is 21.6 Å². The number of nitrogens with two attached hydrogens (primary N) is 1. The van der Waals surface area contributed by atoms with Crippen molar-refractivity contribution >= 4 is 33.9 Å². The summed E-state index contributed by atoms with van der Waals surface area (Å²) in [6.07, 6.45) is -0.219. The van der Waals surface area contributed by atoms with Crippen molar-refractivity contribution in [2.75, 3.05) is 17.7 Å². The Morgan fingerprint density at radius 1 is 1.24 bits per heavy atom. The molecule has 0 spiro atoms. The van der Waals surface area contributed by atoms with Crippen LogP contribution in [-0.2, 0) is 17.8 Å². The second-order valence-corrected chi connectivity index (χ2v) is 7.18. The van der Waals surface area contributed by atoms with E-state index in [9.17, 15) is 14.0 Å². The van der Waals surface area contributed by atoms with Crippen molar-refractivity contribution in [3.05, 3.63) is 65.1 Å². The molecule has 0 unspecified atom stereocenters. The highest BCUT2D eigenvalue weighted by atomic mass is 32.1. The van der Waals surface area contributed by atoms with E-state index in [0.29, 0.717) is 32.4 Å². The molecule has 0 atom stereocenters. The predicted molar refractivity (Wildman–Crippen MR) is 111 cm³/mol. The molecule has 1 heterocycles. The van der Waals surface area contributed by atoms with E-state index in [1.165, 1.54) is 23.5 Å². The number of para-hydroxylation sites is 1. The number of thiazole rings is 1. The third kappa shape index (κ3) is 4.76. The van der Waals surface area contributed by atoms with Gasteiger partial charge in [0.1, 0.15) is 15.8 Å². The fourth-order valence-corrected chi connectivity index (χ4v) is 3.70. The summed E-state index contributed by atoms with van der Waals surface area (Å²) in [4.78, 5) is 28.2. The number of aliphatic carboxylic acids is 1. The van der Waals surface area contributed by atoms with Gasteiger partial charge >= 0.3 is 5.97 Å². The molecule has 3 rings (SSSR count). The standard InChI is InChI=1S/C20H19FN4O3S/c1-23-20-17(18(28)24-15-5-3-2-4-12(15)9-16(26)27)25-19(29-20)13-6-11(10-22)7-14(21)8-13/h2-8,23H,9-10,22H2,1H3,(H,24,28)(H,26,27). The van der Waals surface area contributed by atoms with E-state index in [1.807, 2.05) is 0 Å². The van der Waals surface area contributed by atoms with Gasteiger partial charge in [-0.3, -0.25) is 9.59 Å². The van der Waals surface area contributed by atoms with Gasteiger partial charge in [-0.2, -0.15) is 0 Å². The lowest BCUT2D eigenvalue weighted by molar-refractivity contribution is -0.136. The summed E-state index contributed by atoms with van der Waals surface area (Å²) >= 11 is 1.21. The average molecular weight is 414 g/mol. The number of carboxylic acid groups (broad SMARTS) is 1. The minimum absolute atomic E-state index is 0.135. The Hall–Kier alpha value is -3.30. The molecule has 0 aliphatic carbocycles. The van der Waals surface area contributed by atoms with Crippen LogP contribution in [0.3, 0.4) is 0 Å². The molecule has 2 aromatic carbocycles. The van der Waals surface area contributed by atoms with Gasteiger partial charge in [-0.15, -0.1) is 0 Å². The molecule has 0 aliphatic heterocycles. The van der Waals surface area contributed by atoms with E-state index in [1.54, 1.807) is 37.4 Å². The summed E-state index contributed by atoms with van der Waals surface area (Å²) in [5.74, 6) is -1.93. The summed E-state index contributed by atoms with van der Waals surface area (Å²) in [7, 11) is 1.66. The SMILES string of the molecule is CNc1sc(-c2cc(F)cc(CN)c2)nc1C(=O)Nc1ccccc1CC(=O)O. The van der Waals surface area contributed by atoms with Gasteiger partial charge in [-0.05, 0) is 35.4 Å². The molecule has 0 bridgehead atoms. The van der Waals surface area contributed by atoms with Crippen LogP contribution in [0.25, 0.3) is 10.6 Å². The maximum atomic E-state index is 13.9. The molecule has 29 heavy (non-hydrogen) atoms. The Kier molecular flexibility index (Phi) is 6.20. The lowest BCUT2D eigenvalue weighted by Gasteiger charge is -2.09. The molecule has 3 aromatic rings. The number of halogens is 1. The number of carbonyl (C=O) groups excluding carboxylic acids is 1. The molecular weight excluding hydrogens is 395 g/mol. The van der Waals surface area contributed by atoms with Crippen LogP contribution < -0.4 is 16.4 Å². The third-order valence-electron chi connectivity index (χ3n) is 4.12. The number of carbonyl (C=O) groups is 2. The lowest BCUT2D eigenvalue weighted by atomic mass is 10.1. The molecule has 5 N–H and O–H groups in total. The molecule has 1 amide bonds. The second kappa shape index (κ2) is 8.80. The number of aromatic nitrogens is 1. The van der Waals surface area contributed by atoms with Gasteiger partial charge < -0.3 is 21.5 Å². The molecule has 0 saturated carbocycles. The minimum Gasteiger partial charge on any atom is -0.481 e. The first kappa shape index (κ1) is 20.4. The molecular formula is C20H19FN4O3S. The highest BCUT2D eigenvalue weighted by Gasteiger charge is 2.20. The Morgan fingerprint density at radius 3 is 2.69 bits per heavy atom. The first-order chi connectivity index (χ1) is 13.9. The first-order valence-electron chi connectivity index (χ1n) is 8.70. The average Bonchev–Trinajstić information content (AvgIpc) is 3.13. The van der Waals surface area contributed by atoms with Crippen molar-refractivity contribution in [3.63, 3.8) is 0 Å².